The Morgan fingerprint density at radius 3 is 2.33 bits per heavy atom. The van der Waals surface area contributed by atoms with E-state index in [1.807, 2.05) is 30.3 Å². The number of hydrogen-bond acceptors (Lipinski definition) is 5. The average Bonchev–Trinajstić information content (AvgIpc) is 2.52. The summed E-state index contributed by atoms with van der Waals surface area (Å²) in [5.74, 6) is 2.56. The largest absolute Gasteiger partial charge is 0.494 e. The van der Waals surface area contributed by atoms with Crippen molar-refractivity contribution in [3.05, 3.63) is 42.7 Å². The number of benzene rings is 1. The number of ether oxygens (including phenoxy) is 2. The molecule has 0 amide bonds. The fourth-order valence-corrected chi connectivity index (χ4v) is 2.45. The van der Waals surface area contributed by atoms with Gasteiger partial charge in [0.2, 0.25) is 0 Å². The Labute approximate surface area is 129 Å². The van der Waals surface area contributed by atoms with Gasteiger partial charge in [0.25, 0.3) is 0 Å². The first-order valence-corrected chi connectivity index (χ1v) is 7.96. The van der Waals surface area contributed by atoms with E-state index in [2.05, 4.69) is 11.9 Å². The van der Waals surface area contributed by atoms with Crippen LogP contribution in [0.1, 0.15) is 13.3 Å². The molecule has 2 aromatic rings. The number of nitrogens with two attached hydrogens (primary N) is 1. The second-order valence-electron chi connectivity index (χ2n) is 4.43. The van der Waals surface area contributed by atoms with Crippen molar-refractivity contribution in [1.29, 1.82) is 0 Å². The number of thioether (sulfide) groups is 1. The van der Waals surface area contributed by atoms with Crippen molar-refractivity contribution in [3.8, 4) is 11.5 Å². The summed E-state index contributed by atoms with van der Waals surface area (Å²) in [4.78, 5) is 5.01. The Morgan fingerprint density at radius 2 is 1.71 bits per heavy atom. The molecule has 0 aliphatic carbocycles. The van der Waals surface area contributed by atoms with Crippen molar-refractivity contribution in [2.75, 3.05) is 24.7 Å². The summed E-state index contributed by atoms with van der Waals surface area (Å²) in [5, 5.41) is 0. The molecular weight excluding hydrogens is 284 g/mol. The van der Waals surface area contributed by atoms with Crippen LogP contribution in [0.4, 0.5) is 5.69 Å². The van der Waals surface area contributed by atoms with Gasteiger partial charge in [0.15, 0.2) is 0 Å². The van der Waals surface area contributed by atoms with E-state index in [0.717, 1.165) is 35.2 Å². The lowest BCUT2D eigenvalue weighted by Crippen LogP contribution is -2.01. The van der Waals surface area contributed by atoms with Crippen molar-refractivity contribution in [2.24, 2.45) is 0 Å². The van der Waals surface area contributed by atoms with Crippen molar-refractivity contribution < 1.29 is 9.47 Å². The summed E-state index contributed by atoms with van der Waals surface area (Å²) in [7, 11) is 0. The normalized spacial score (nSPS) is 10.3. The summed E-state index contributed by atoms with van der Waals surface area (Å²) >= 11 is 1.67. The van der Waals surface area contributed by atoms with E-state index < -0.39 is 0 Å². The highest BCUT2D eigenvalue weighted by molar-refractivity contribution is 7.99. The molecule has 0 spiro atoms. The zero-order chi connectivity index (χ0) is 14.9. The fourth-order valence-electron chi connectivity index (χ4n) is 1.69. The SMILES string of the molecule is CCCOc1ccc(OCCSc2ccncc2N)cc1. The molecule has 2 rings (SSSR count). The average molecular weight is 304 g/mol. The number of rotatable bonds is 8. The molecule has 0 saturated carbocycles. The monoisotopic (exact) mass is 304 g/mol. The van der Waals surface area contributed by atoms with Crippen LogP contribution in [0.2, 0.25) is 0 Å². The van der Waals surface area contributed by atoms with E-state index in [0.29, 0.717) is 12.3 Å². The van der Waals surface area contributed by atoms with E-state index in [1.165, 1.54) is 0 Å². The second-order valence-corrected chi connectivity index (χ2v) is 5.57. The van der Waals surface area contributed by atoms with Crippen molar-refractivity contribution in [1.82, 2.24) is 4.98 Å². The summed E-state index contributed by atoms with van der Waals surface area (Å²) in [6.07, 6.45) is 4.42. The number of nitrogen functional groups attached to an aromatic ring is 1. The topological polar surface area (TPSA) is 57.4 Å². The summed E-state index contributed by atoms with van der Waals surface area (Å²) in [6, 6.07) is 9.63. The molecule has 0 radical (unpaired) electrons. The number of nitrogens with zero attached hydrogens (tertiary/aromatic N) is 1. The van der Waals surface area contributed by atoms with Crippen LogP contribution in [0.5, 0.6) is 11.5 Å². The van der Waals surface area contributed by atoms with Gasteiger partial charge in [-0.25, -0.2) is 0 Å². The van der Waals surface area contributed by atoms with Crippen LogP contribution in [0.3, 0.4) is 0 Å². The molecule has 0 aliphatic heterocycles. The number of pyridine rings is 1. The molecule has 1 aromatic heterocycles. The molecule has 0 bridgehead atoms. The third-order valence-corrected chi connectivity index (χ3v) is 3.77. The fraction of sp³-hybridized carbons (Fsp3) is 0.312. The Kier molecular flexibility index (Phi) is 6.22. The van der Waals surface area contributed by atoms with E-state index in [-0.39, 0.29) is 0 Å². The molecule has 1 heterocycles. The molecule has 2 N–H and O–H groups in total. The van der Waals surface area contributed by atoms with Crippen molar-refractivity contribution >= 4 is 17.4 Å². The summed E-state index contributed by atoms with van der Waals surface area (Å²) in [5.41, 5.74) is 6.54. The Balaban J connectivity index is 1.72. The van der Waals surface area contributed by atoms with Crippen LogP contribution in [0, 0.1) is 0 Å². The molecule has 0 fully saturated rings. The minimum atomic E-state index is 0.627. The highest BCUT2D eigenvalue weighted by Crippen LogP contribution is 2.23. The van der Waals surface area contributed by atoms with Crippen molar-refractivity contribution in [2.45, 2.75) is 18.2 Å². The van der Waals surface area contributed by atoms with Gasteiger partial charge in [-0.15, -0.1) is 11.8 Å². The maximum absolute atomic E-state index is 5.83. The molecule has 0 aliphatic rings. The molecule has 0 unspecified atom stereocenters. The third-order valence-electron chi connectivity index (χ3n) is 2.72. The maximum Gasteiger partial charge on any atom is 0.119 e. The van der Waals surface area contributed by atoms with E-state index >= 15 is 0 Å². The first-order chi connectivity index (χ1) is 10.3. The molecule has 21 heavy (non-hydrogen) atoms. The minimum Gasteiger partial charge on any atom is -0.494 e. The maximum atomic E-state index is 5.83. The Morgan fingerprint density at radius 1 is 1.05 bits per heavy atom. The first kappa shape index (κ1) is 15.5. The van der Waals surface area contributed by atoms with Crippen LogP contribution in [0.15, 0.2) is 47.6 Å². The van der Waals surface area contributed by atoms with Gasteiger partial charge in [0.05, 0.1) is 25.1 Å². The predicted octanol–water partition coefficient (Wildman–Crippen LogP) is 3.62. The minimum absolute atomic E-state index is 0.627. The Bertz CT molecular complexity index is 546. The van der Waals surface area contributed by atoms with Crippen molar-refractivity contribution in [3.63, 3.8) is 0 Å². The summed E-state index contributed by atoms with van der Waals surface area (Å²) in [6.45, 7) is 3.45. The van der Waals surface area contributed by atoms with Crippen LogP contribution in [0.25, 0.3) is 0 Å². The second kappa shape index (κ2) is 8.42. The predicted molar refractivity (Wildman–Crippen MR) is 87.1 cm³/mol. The lowest BCUT2D eigenvalue weighted by atomic mass is 10.3. The van der Waals surface area contributed by atoms with Gasteiger partial charge in [-0.2, -0.15) is 0 Å². The molecule has 0 saturated heterocycles. The van der Waals surface area contributed by atoms with Gasteiger partial charge in [-0.1, -0.05) is 6.92 Å². The van der Waals surface area contributed by atoms with Gasteiger partial charge in [-0.3, -0.25) is 4.98 Å². The highest BCUT2D eigenvalue weighted by Gasteiger charge is 2.00. The number of aromatic nitrogens is 1. The quantitative estimate of drug-likeness (QED) is 0.596. The lowest BCUT2D eigenvalue weighted by molar-refractivity contribution is 0.314. The van der Waals surface area contributed by atoms with Gasteiger partial charge in [0.1, 0.15) is 11.5 Å². The van der Waals surface area contributed by atoms with Gasteiger partial charge in [-0.05, 0) is 36.8 Å². The zero-order valence-corrected chi connectivity index (χ0v) is 12.9. The molecule has 4 nitrogen and oxygen atoms in total. The van der Waals surface area contributed by atoms with E-state index in [1.54, 1.807) is 24.2 Å². The van der Waals surface area contributed by atoms with Gasteiger partial charge < -0.3 is 15.2 Å². The van der Waals surface area contributed by atoms with Gasteiger partial charge in [0, 0.05) is 16.8 Å². The Hall–Kier alpha value is -1.88. The van der Waals surface area contributed by atoms with Gasteiger partial charge >= 0.3 is 0 Å². The smallest absolute Gasteiger partial charge is 0.119 e. The summed E-state index contributed by atoms with van der Waals surface area (Å²) < 4.78 is 11.2. The molecule has 5 heteroatoms. The standard InChI is InChI=1S/C16H20N2O2S/c1-2-9-19-13-3-5-14(6-4-13)20-10-11-21-16-7-8-18-12-15(16)17/h3-8,12H,2,9-11,17H2,1H3. The van der Waals surface area contributed by atoms with Crippen LogP contribution < -0.4 is 15.2 Å². The van der Waals surface area contributed by atoms with Crippen LogP contribution >= 0.6 is 11.8 Å². The lowest BCUT2D eigenvalue weighted by Gasteiger charge is -2.08. The van der Waals surface area contributed by atoms with E-state index in [4.69, 9.17) is 15.2 Å². The molecule has 112 valence electrons. The molecule has 1 aromatic carbocycles. The number of anilines is 1. The molecule has 0 atom stereocenters. The third kappa shape index (κ3) is 5.19. The highest BCUT2D eigenvalue weighted by atomic mass is 32.2. The van der Waals surface area contributed by atoms with E-state index in [9.17, 15) is 0 Å². The molecular formula is C16H20N2O2S. The zero-order valence-electron chi connectivity index (χ0n) is 12.1. The van der Waals surface area contributed by atoms with Crippen LogP contribution in [-0.4, -0.2) is 24.0 Å². The van der Waals surface area contributed by atoms with Crippen LogP contribution in [-0.2, 0) is 0 Å². The first-order valence-electron chi connectivity index (χ1n) is 6.97. The number of hydrogen-bond donors (Lipinski definition) is 1.